The molecule has 2 amide bonds. The Bertz CT molecular complexity index is 755. The maximum absolute atomic E-state index is 12.3. The molecule has 5 heteroatoms. The second-order valence-electron chi connectivity index (χ2n) is 5.10. The van der Waals surface area contributed by atoms with Crippen molar-refractivity contribution < 1.29 is 19.2 Å². The highest BCUT2D eigenvalue weighted by Gasteiger charge is 2.39. The van der Waals surface area contributed by atoms with Gasteiger partial charge in [0.25, 0.3) is 11.8 Å². The van der Waals surface area contributed by atoms with E-state index >= 15 is 0 Å². The first kappa shape index (κ1) is 14.0. The quantitative estimate of drug-likeness (QED) is 0.799. The predicted octanol–water partition coefficient (Wildman–Crippen LogP) is 2.67. The molecule has 0 radical (unpaired) electrons. The molecule has 2 aromatic rings. The van der Waals surface area contributed by atoms with Gasteiger partial charge in [0.1, 0.15) is 0 Å². The highest BCUT2D eigenvalue weighted by molar-refractivity contribution is 6.21. The van der Waals surface area contributed by atoms with Gasteiger partial charge in [0.2, 0.25) is 0 Å². The van der Waals surface area contributed by atoms with E-state index in [0.29, 0.717) is 10.6 Å². The Hall–Kier alpha value is -2.95. The van der Waals surface area contributed by atoms with Crippen LogP contribution in [-0.2, 0) is 4.84 Å². The zero-order valence-electron chi connectivity index (χ0n) is 12.1. The molecule has 2 aromatic carbocycles. The number of carbonyl (C=O) groups excluding carboxylic acids is 3. The fraction of sp³-hybridized carbons (Fsp3) is 0.118. The first-order valence-electron chi connectivity index (χ1n) is 6.77. The zero-order valence-corrected chi connectivity index (χ0v) is 12.1. The third kappa shape index (κ3) is 2.07. The third-order valence-corrected chi connectivity index (χ3v) is 3.62. The van der Waals surface area contributed by atoms with Crippen LogP contribution in [0.5, 0.6) is 0 Å². The van der Waals surface area contributed by atoms with Crippen molar-refractivity contribution in [1.29, 1.82) is 0 Å². The van der Waals surface area contributed by atoms with E-state index < -0.39 is 17.8 Å². The van der Waals surface area contributed by atoms with Crippen molar-refractivity contribution >= 4 is 17.8 Å². The molecule has 0 atom stereocenters. The largest absolute Gasteiger partial charge is 0.364 e. The number of imide groups is 1. The summed E-state index contributed by atoms with van der Waals surface area (Å²) in [6, 6.07) is 11.7. The van der Waals surface area contributed by atoms with Crippen LogP contribution in [0, 0.1) is 13.8 Å². The molecule has 22 heavy (non-hydrogen) atoms. The normalized spacial score (nSPS) is 13.3. The summed E-state index contributed by atoms with van der Waals surface area (Å²) in [6.45, 7) is 3.54. The van der Waals surface area contributed by atoms with Crippen LogP contribution in [0.3, 0.4) is 0 Å². The Kier molecular flexibility index (Phi) is 3.25. The fourth-order valence-electron chi connectivity index (χ4n) is 2.52. The van der Waals surface area contributed by atoms with Gasteiger partial charge in [-0.05, 0) is 37.1 Å². The molecule has 0 N–H and O–H groups in total. The summed E-state index contributed by atoms with van der Waals surface area (Å²) < 4.78 is 0. The smallest absolute Gasteiger partial charge is 0.324 e. The topological polar surface area (TPSA) is 63.7 Å². The fourth-order valence-corrected chi connectivity index (χ4v) is 2.52. The molecule has 0 bridgehead atoms. The average Bonchev–Trinajstić information content (AvgIpc) is 2.73. The minimum atomic E-state index is -0.717. The van der Waals surface area contributed by atoms with E-state index in [1.807, 2.05) is 6.07 Å². The minimum absolute atomic E-state index is 0.238. The van der Waals surface area contributed by atoms with Gasteiger partial charge in [0.15, 0.2) is 0 Å². The standard InChI is InChI=1S/C17H13NO4/c1-10-6-5-7-11(2)14(10)17(21)22-18-15(19)12-8-3-4-9-13(12)16(18)20/h3-9H,1-2H3. The van der Waals surface area contributed by atoms with E-state index in [4.69, 9.17) is 4.84 Å². The summed E-state index contributed by atoms with van der Waals surface area (Å²) in [4.78, 5) is 41.7. The molecule has 5 nitrogen and oxygen atoms in total. The maximum Gasteiger partial charge on any atom is 0.364 e. The lowest BCUT2D eigenvalue weighted by molar-refractivity contribution is -0.0585. The Balaban J connectivity index is 1.91. The van der Waals surface area contributed by atoms with Gasteiger partial charge in [-0.15, -0.1) is 0 Å². The number of fused-ring (bicyclic) bond motifs is 1. The van der Waals surface area contributed by atoms with Crippen LogP contribution in [0.2, 0.25) is 0 Å². The van der Waals surface area contributed by atoms with Gasteiger partial charge in [0.05, 0.1) is 16.7 Å². The van der Waals surface area contributed by atoms with Gasteiger partial charge in [0, 0.05) is 0 Å². The van der Waals surface area contributed by atoms with Gasteiger partial charge in [-0.3, -0.25) is 9.59 Å². The SMILES string of the molecule is Cc1cccc(C)c1C(=O)ON1C(=O)c2ccccc2C1=O. The van der Waals surface area contributed by atoms with Crippen molar-refractivity contribution in [2.45, 2.75) is 13.8 Å². The van der Waals surface area contributed by atoms with E-state index in [0.717, 1.165) is 11.1 Å². The lowest BCUT2D eigenvalue weighted by Gasteiger charge is -2.14. The molecular formula is C17H13NO4. The van der Waals surface area contributed by atoms with Gasteiger partial charge in [-0.1, -0.05) is 35.4 Å². The molecule has 0 fully saturated rings. The molecule has 0 aromatic heterocycles. The predicted molar refractivity (Wildman–Crippen MR) is 78.3 cm³/mol. The minimum Gasteiger partial charge on any atom is -0.324 e. The zero-order chi connectivity index (χ0) is 15.9. The molecule has 1 heterocycles. The molecule has 0 saturated carbocycles. The van der Waals surface area contributed by atoms with Crippen molar-refractivity contribution in [3.8, 4) is 0 Å². The number of hydroxylamine groups is 2. The molecule has 0 saturated heterocycles. The van der Waals surface area contributed by atoms with Crippen LogP contribution in [0.1, 0.15) is 42.2 Å². The van der Waals surface area contributed by atoms with Crippen LogP contribution < -0.4 is 0 Å². The van der Waals surface area contributed by atoms with Crippen LogP contribution in [0.4, 0.5) is 0 Å². The summed E-state index contributed by atoms with van der Waals surface area (Å²) >= 11 is 0. The molecule has 110 valence electrons. The van der Waals surface area contributed by atoms with Crippen molar-refractivity contribution in [3.63, 3.8) is 0 Å². The number of hydrogen-bond acceptors (Lipinski definition) is 4. The van der Waals surface area contributed by atoms with E-state index in [2.05, 4.69) is 0 Å². The molecule has 0 spiro atoms. The summed E-state index contributed by atoms with van der Waals surface area (Å²) in [5, 5.41) is 0.527. The first-order valence-corrected chi connectivity index (χ1v) is 6.77. The van der Waals surface area contributed by atoms with Gasteiger partial charge >= 0.3 is 5.97 Å². The third-order valence-electron chi connectivity index (χ3n) is 3.62. The molecule has 1 aliphatic heterocycles. The van der Waals surface area contributed by atoms with Crippen molar-refractivity contribution in [2.75, 3.05) is 0 Å². The second-order valence-corrected chi connectivity index (χ2v) is 5.10. The lowest BCUT2D eigenvalue weighted by atomic mass is 10.0. The summed E-state index contributed by atoms with van der Waals surface area (Å²) in [7, 11) is 0. The Morgan fingerprint density at radius 2 is 1.36 bits per heavy atom. The van der Waals surface area contributed by atoms with Gasteiger partial charge in [-0.2, -0.15) is 0 Å². The van der Waals surface area contributed by atoms with E-state index in [9.17, 15) is 14.4 Å². The Morgan fingerprint density at radius 1 is 0.864 bits per heavy atom. The number of hydrogen-bond donors (Lipinski definition) is 0. The maximum atomic E-state index is 12.3. The second kappa shape index (κ2) is 5.11. The van der Waals surface area contributed by atoms with Crippen molar-refractivity contribution in [2.24, 2.45) is 0 Å². The molecule has 1 aliphatic rings. The molecule has 0 aliphatic carbocycles. The van der Waals surface area contributed by atoms with E-state index in [1.165, 1.54) is 12.1 Å². The lowest BCUT2D eigenvalue weighted by Crippen LogP contribution is -2.33. The van der Waals surface area contributed by atoms with E-state index in [1.54, 1.807) is 38.1 Å². The summed E-state index contributed by atoms with van der Waals surface area (Å²) in [5.41, 5.74) is 2.28. The number of aryl methyl sites for hydroxylation is 2. The van der Waals surface area contributed by atoms with Crippen molar-refractivity contribution in [1.82, 2.24) is 5.06 Å². The van der Waals surface area contributed by atoms with Gasteiger partial charge < -0.3 is 4.84 Å². The van der Waals surface area contributed by atoms with Crippen LogP contribution in [0.15, 0.2) is 42.5 Å². The summed E-state index contributed by atoms with van der Waals surface area (Å²) in [6.07, 6.45) is 0. The van der Waals surface area contributed by atoms with Crippen molar-refractivity contribution in [3.05, 3.63) is 70.3 Å². The van der Waals surface area contributed by atoms with Gasteiger partial charge in [-0.25, -0.2) is 4.79 Å². The Morgan fingerprint density at radius 3 is 1.86 bits per heavy atom. The highest BCUT2D eigenvalue weighted by Crippen LogP contribution is 2.24. The van der Waals surface area contributed by atoms with Crippen LogP contribution in [0.25, 0.3) is 0 Å². The first-order chi connectivity index (χ1) is 10.5. The number of nitrogens with zero attached hydrogens (tertiary/aromatic N) is 1. The Labute approximate surface area is 127 Å². The molecular weight excluding hydrogens is 282 g/mol. The van der Waals surface area contributed by atoms with E-state index in [-0.39, 0.29) is 11.1 Å². The number of carbonyl (C=O) groups is 3. The molecule has 0 unspecified atom stereocenters. The monoisotopic (exact) mass is 295 g/mol. The highest BCUT2D eigenvalue weighted by atomic mass is 16.7. The number of benzene rings is 2. The summed E-state index contributed by atoms with van der Waals surface area (Å²) in [5.74, 6) is -1.97. The van der Waals surface area contributed by atoms with Crippen LogP contribution in [-0.4, -0.2) is 22.8 Å². The number of amides is 2. The average molecular weight is 295 g/mol. The molecule has 3 rings (SSSR count). The number of rotatable bonds is 2. The van der Waals surface area contributed by atoms with Crippen LogP contribution >= 0.6 is 0 Å².